The number of carbonyl (C=O) groups is 2. The van der Waals surface area contributed by atoms with Gasteiger partial charge in [-0.3, -0.25) is 4.90 Å². The van der Waals surface area contributed by atoms with Crippen LogP contribution in [-0.2, 0) is 16.1 Å². The van der Waals surface area contributed by atoms with Gasteiger partial charge in [0.2, 0.25) is 0 Å². The van der Waals surface area contributed by atoms with Crippen LogP contribution in [0.2, 0.25) is 0 Å². The minimum Gasteiger partial charge on any atom is -0.473 e. The van der Waals surface area contributed by atoms with Gasteiger partial charge >= 0.3 is 11.9 Å². The van der Waals surface area contributed by atoms with Crippen LogP contribution >= 0.6 is 0 Å². The van der Waals surface area contributed by atoms with E-state index in [4.69, 9.17) is 19.8 Å². The van der Waals surface area contributed by atoms with Crippen LogP contribution in [0.1, 0.15) is 58.4 Å². The molecule has 0 aliphatic carbocycles. The molecule has 2 rings (SSSR count). The third-order valence-electron chi connectivity index (χ3n) is 5.30. The molecule has 0 aromatic heterocycles. The van der Waals surface area contributed by atoms with Gasteiger partial charge in [-0.2, -0.15) is 0 Å². The van der Waals surface area contributed by atoms with E-state index in [-0.39, 0.29) is 0 Å². The molecule has 3 N–H and O–H groups in total. The largest absolute Gasteiger partial charge is 0.473 e. The zero-order chi connectivity index (χ0) is 22.4. The van der Waals surface area contributed by atoms with Crippen molar-refractivity contribution in [3.8, 4) is 0 Å². The first kappa shape index (κ1) is 25.9. The normalized spacial score (nSPS) is 15.6. The second-order valence-electron chi connectivity index (χ2n) is 8.35. The van der Waals surface area contributed by atoms with Crippen molar-refractivity contribution in [3.05, 3.63) is 47.5 Å². The van der Waals surface area contributed by atoms with Gasteiger partial charge in [-0.05, 0) is 77.1 Å². The molecule has 1 saturated heterocycles. The van der Waals surface area contributed by atoms with Crippen LogP contribution in [0.25, 0.3) is 0 Å². The van der Waals surface area contributed by atoms with Crippen molar-refractivity contribution in [2.75, 3.05) is 19.6 Å². The number of likely N-dealkylation sites (tertiary alicyclic amines) is 1. The smallest absolute Gasteiger partial charge is 0.414 e. The van der Waals surface area contributed by atoms with Gasteiger partial charge in [-0.1, -0.05) is 48.9 Å². The predicted octanol–water partition coefficient (Wildman–Crippen LogP) is 4.17. The third-order valence-corrected chi connectivity index (χ3v) is 5.30. The molecule has 1 aromatic rings. The van der Waals surface area contributed by atoms with Crippen molar-refractivity contribution in [1.29, 1.82) is 0 Å². The highest BCUT2D eigenvalue weighted by atomic mass is 16.4. The number of hydrogen-bond donors (Lipinski definition) is 3. The summed E-state index contributed by atoms with van der Waals surface area (Å²) in [6.45, 7) is 11.5. The molecule has 1 fully saturated rings. The van der Waals surface area contributed by atoms with Gasteiger partial charge in [0.25, 0.3) is 0 Å². The summed E-state index contributed by atoms with van der Waals surface area (Å²) >= 11 is 0. The highest BCUT2D eigenvalue weighted by Gasteiger charge is 2.18. The summed E-state index contributed by atoms with van der Waals surface area (Å²) in [7, 11) is 0. The first-order chi connectivity index (χ1) is 14.3. The first-order valence-electron chi connectivity index (χ1n) is 10.9. The van der Waals surface area contributed by atoms with Crippen LogP contribution in [0.3, 0.4) is 0 Å². The summed E-state index contributed by atoms with van der Waals surface area (Å²) in [5, 5.41) is 18.6. The summed E-state index contributed by atoms with van der Waals surface area (Å²) in [6.07, 6.45) is 8.81. The molecule has 6 heteroatoms. The monoisotopic (exact) mass is 418 g/mol. The van der Waals surface area contributed by atoms with E-state index < -0.39 is 11.9 Å². The molecule has 30 heavy (non-hydrogen) atoms. The van der Waals surface area contributed by atoms with E-state index in [1.165, 1.54) is 62.9 Å². The molecule has 168 valence electrons. The fourth-order valence-corrected chi connectivity index (χ4v) is 3.47. The highest BCUT2D eigenvalue weighted by Crippen LogP contribution is 2.15. The lowest BCUT2D eigenvalue weighted by atomic mass is 9.99. The second kappa shape index (κ2) is 14.7. The van der Waals surface area contributed by atoms with Crippen LogP contribution < -0.4 is 5.32 Å². The van der Waals surface area contributed by atoms with Gasteiger partial charge < -0.3 is 15.5 Å². The molecule has 0 radical (unpaired) electrons. The van der Waals surface area contributed by atoms with Gasteiger partial charge in [0.1, 0.15) is 0 Å². The summed E-state index contributed by atoms with van der Waals surface area (Å²) in [5.41, 5.74) is 2.89. The minimum absolute atomic E-state index is 0.724. The molecule has 1 aliphatic heterocycles. The van der Waals surface area contributed by atoms with E-state index >= 15 is 0 Å². The van der Waals surface area contributed by atoms with Crippen LogP contribution in [0.4, 0.5) is 0 Å². The van der Waals surface area contributed by atoms with Crippen molar-refractivity contribution >= 4 is 11.9 Å². The lowest BCUT2D eigenvalue weighted by molar-refractivity contribution is -0.159. The molecule has 0 spiro atoms. The SMILES string of the molecule is CC(C)=CCCC(C)CCNC1CCN(Cc2ccccc2)CC1.O=C(O)C(=O)O. The van der Waals surface area contributed by atoms with E-state index in [0.29, 0.717) is 0 Å². The lowest BCUT2D eigenvalue weighted by Crippen LogP contribution is -2.42. The number of rotatable bonds is 9. The summed E-state index contributed by atoms with van der Waals surface area (Å²) in [5.74, 6) is -2.82. The van der Waals surface area contributed by atoms with Gasteiger partial charge in [-0.15, -0.1) is 0 Å². The number of carboxylic acids is 2. The van der Waals surface area contributed by atoms with Crippen LogP contribution in [0.15, 0.2) is 42.0 Å². The highest BCUT2D eigenvalue weighted by molar-refractivity contribution is 6.27. The number of allylic oxidation sites excluding steroid dienone is 2. The van der Waals surface area contributed by atoms with Gasteiger partial charge in [0, 0.05) is 12.6 Å². The maximum absolute atomic E-state index is 9.10. The average molecular weight is 419 g/mol. The molecule has 1 heterocycles. The summed E-state index contributed by atoms with van der Waals surface area (Å²) in [6, 6.07) is 11.6. The van der Waals surface area contributed by atoms with Gasteiger partial charge in [0.15, 0.2) is 0 Å². The molecule has 1 unspecified atom stereocenters. The summed E-state index contributed by atoms with van der Waals surface area (Å²) in [4.78, 5) is 20.8. The van der Waals surface area contributed by atoms with Crippen LogP contribution in [0, 0.1) is 5.92 Å². The second-order valence-corrected chi connectivity index (χ2v) is 8.35. The number of nitrogens with zero attached hydrogens (tertiary/aromatic N) is 1. The zero-order valence-electron chi connectivity index (χ0n) is 18.6. The molecule has 1 aliphatic rings. The van der Waals surface area contributed by atoms with Crippen molar-refractivity contribution in [3.63, 3.8) is 0 Å². The number of piperidine rings is 1. The number of nitrogens with one attached hydrogen (secondary N) is 1. The number of benzene rings is 1. The Morgan fingerprint density at radius 2 is 1.70 bits per heavy atom. The Morgan fingerprint density at radius 1 is 1.10 bits per heavy atom. The molecule has 1 aromatic carbocycles. The van der Waals surface area contributed by atoms with E-state index in [9.17, 15) is 0 Å². The topological polar surface area (TPSA) is 89.9 Å². The van der Waals surface area contributed by atoms with E-state index in [0.717, 1.165) is 18.5 Å². The Balaban J connectivity index is 0.000000656. The fourth-order valence-electron chi connectivity index (χ4n) is 3.47. The maximum Gasteiger partial charge on any atom is 0.414 e. The number of aliphatic carboxylic acids is 2. The molecular formula is C24H38N2O4. The van der Waals surface area contributed by atoms with Crippen molar-refractivity contribution in [2.24, 2.45) is 5.92 Å². The summed E-state index contributed by atoms with van der Waals surface area (Å²) < 4.78 is 0. The van der Waals surface area contributed by atoms with E-state index in [1.807, 2.05) is 0 Å². The van der Waals surface area contributed by atoms with Crippen LogP contribution in [-0.4, -0.2) is 52.7 Å². The number of hydrogen-bond acceptors (Lipinski definition) is 4. The fraction of sp³-hybridized carbons (Fsp3) is 0.583. The molecule has 0 amide bonds. The molecule has 6 nitrogen and oxygen atoms in total. The Labute approximate surface area is 181 Å². The van der Waals surface area contributed by atoms with Gasteiger partial charge in [0.05, 0.1) is 0 Å². The Kier molecular flexibility index (Phi) is 12.7. The third kappa shape index (κ3) is 12.4. The Hall–Kier alpha value is -2.18. The standard InChI is InChI=1S/C22H36N2.C2H2O4/c1-19(2)8-7-9-20(3)12-15-23-22-13-16-24(17-14-22)18-21-10-5-4-6-11-21;3-1(4)2(5)6/h4-6,8,10-11,20,22-23H,7,9,12-18H2,1-3H3;(H,3,4)(H,5,6). The Bertz CT molecular complexity index is 636. The van der Waals surface area contributed by atoms with Crippen LogP contribution in [0.5, 0.6) is 0 Å². The first-order valence-corrected chi connectivity index (χ1v) is 10.9. The molecule has 0 bridgehead atoms. The van der Waals surface area contributed by atoms with Crippen molar-refractivity contribution in [1.82, 2.24) is 10.2 Å². The molecule has 1 atom stereocenters. The van der Waals surface area contributed by atoms with Crippen molar-refractivity contribution < 1.29 is 19.8 Å². The molecular weight excluding hydrogens is 380 g/mol. The zero-order valence-corrected chi connectivity index (χ0v) is 18.6. The predicted molar refractivity (Wildman–Crippen MR) is 120 cm³/mol. The molecule has 0 saturated carbocycles. The minimum atomic E-state index is -1.82. The average Bonchev–Trinajstić information content (AvgIpc) is 2.70. The van der Waals surface area contributed by atoms with Crippen molar-refractivity contribution in [2.45, 2.75) is 65.5 Å². The maximum atomic E-state index is 9.10. The van der Waals surface area contributed by atoms with Gasteiger partial charge in [-0.25, -0.2) is 9.59 Å². The quantitative estimate of drug-likeness (QED) is 0.412. The van der Waals surface area contributed by atoms with E-state index in [2.05, 4.69) is 67.4 Å². The lowest BCUT2D eigenvalue weighted by Gasteiger charge is -2.32. The number of carboxylic acid groups (broad SMARTS) is 2. The Morgan fingerprint density at radius 3 is 2.23 bits per heavy atom. The van der Waals surface area contributed by atoms with E-state index in [1.54, 1.807) is 0 Å².